The van der Waals surface area contributed by atoms with Crippen molar-refractivity contribution in [1.29, 1.82) is 0 Å². The van der Waals surface area contributed by atoms with Crippen LogP contribution in [-0.4, -0.2) is 71.1 Å². The summed E-state index contributed by atoms with van der Waals surface area (Å²) in [5, 5.41) is 8.30. The van der Waals surface area contributed by atoms with Crippen LogP contribution in [0.3, 0.4) is 0 Å². The molecule has 0 radical (unpaired) electrons. The molecule has 40 heavy (non-hydrogen) atoms. The number of likely N-dealkylation sites (tertiary alicyclic amines) is 1. The summed E-state index contributed by atoms with van der Waals surface area (Å²) in [6, 6.07) is -2.47. The number of methoxy groups -OCH3 is 1. The number of carbonyl (C=O) groups excluding carboxylic acids is 5. The number of ketones is 1. The van der Waals surface area contributed by atoms with Gasteiger partial charge in [-0.25, -0.2) is 4.98 Å². The molecule has 2 saturated carbocycles. The highest BCUT2D eigenvalue weighted by molar-refractivity contribution is 7.13. The Balaban J connectivity index is 1.55. The lowest BCUT2D eigenvalue weighted by molar-refractivity contribution is -0.144. The summed E-state index contributed by atoms with van der Waals surface area (Å²) in [5.74, 6) is -2.59. The summed E-state index contributed by atoms with van der Waals surface area (Å²) in [4.78, 5) is 70.0. The largest absolute Gasteiger partial charge is 0.469 e. The third kappa shape index (κ3) is 6.01. The molecule has 1 aliphatic heterocycles. The first-order valence-electron chi connectivity index (χ1n) is 13.9. The van der Waals surface area contributed by atoms with E-state index in [0.29, 0.717) is 23.8 Å². The number of piperidine rings is 1. The van der Waals surface area contributed by atoms with Crippen LogP contribution < -0.4 is 16.4 Å². The molecule has 3 aliphatic rings. The van der Waals surface area contributed by atoms with Crippen molar-refractivity contribution in [3.63, 3.8) is 0 Å². The Morgan fingerprint density at radius 2 is 1.90 bits per heavy atom. The summed E-state index contributed by atoms with van der Waals surface area (Å²) in [5.41, 5.74) is 5.18. The van der Waals surface area contributed by atoms with Crippen molar-refractivity contribution < 1.29 is 28.7 Å². The molecule has 0 aromatic carbocycles. The molecule has 3 unspecified atom stereocenters. The summed E-state index contributed by atoms with van der Waals surface area (Å²) in [7, 11) is 1.32. The average Bonchev–Trinajstić information content (AvgIpc) is 3.22. The Bertz CT molecular complexity index is 1190. The molecule has 4 rings (SSSR count). The Morgan fingerprint density at radius 1 is 1.23 bits per heavy atom. The number of ether oxygens (including phenoxy) is 1. The zero-order chi connectivity index (χ0) is 29.6. The molecule has 220 valence electrons. The molecule has 2 aliphatic carbocycles. The number of anilines is 1. The predicted octanol–water partition coefficient (Wildman–Crippen LogP) is 1.90. The smallest absolute Gasteiger partial charge is 0.311 e. The maximum atomic E-state index is 14.1. The van der Waals surface area contributed by atoms with Crippen LogP contribution in [0.4, 0.5) is 5.13 Å². The van der Waals surface area contributed by atoms with Gasteiger partial charge < -0.3 is 26.0 Å². The second kappa shape index (κ2) is 11.1. The summed E-state index contributed by atoms with van der Waals surface area (Å²) in [6.07, 6.45) is 3.35. The van der Waals surface area contributed by atoms with Gasteiger partial charge in [0.15, 0.2) is 5.13 Å². The Kier molecular flexibility index (Phi) is 8.31. The van der Waals surface area contributed by atoms with Crippen molar-refractivity contribution in [1.82, 2.24) is 15.2 Å². The quantitative estimate of drug-likeness (QED) is 0.266. The lowest BCUT2D eigenvalue weighted by atomic mass is 9.80. The fraction of sp³-hybridized carbons (Fsp3) is 0.714. The van der Waals surface area contributed by atoms with Crippen LogP contribution in [-0.2, 0) is 35.1 Å². The zero-order valence-electron chi connectivity index (χ0n) is 24.1. The number of nitrogens with one attached hydrogen (secondary N) is 2. The van der Waals surface area contributed by atoms with Crippen LogP contribution in [0.1, 0.15) is 66.0 Å². The van der Waals surface area contributed by atoms with E-state index in [1.165, 1.54) is 18.4 Å². The van der Waals surface area contributed by atoms with E-state index in [1.54, 1.807) is 10.3 Å². The minimum Gasteiger partial charge on any atom is -0.469 e. The molecule has 11 nitrogen and oxygen atoms in total. The van der Waals surface area contributed by atoms with Crippen LogP contribution >= 0.6 is 11.3 Å². The van der Waals surface area contributed by atoms with Gasteiger partial charge in [-0.3, -0.25) is 24.0 Å². The topological polar surface area (TPSA) is 161 Å². The van der Waals surface area contributed by atoms with Crippen molar-refractivity contribution in [2.45, 2.75) is 84.8 Å². The Labute approximate surface area is 239 Å². The van der Waals surface area contributed by atoms with Gasteiger partial charge in [-0.1, -0.05) is 53.9 Å². The molecule has 1 saturated heterocycles. The number of nitrogens with zero attached hydrogens (tertiary/aromatic N) is 2. The molecule has 5 atom stereocenters. The van der Waals surface area contributed by atoms with Crippen molar-refractivity contribution in [3.05, 3.63) is 11.1 Å². The van der Waals surface area contributed by atoms with E-state index in [9.17, 15) is 24.0 Å². The lowest BCUT2D eigenvalue weighted by Gasteiger charge is -2.38. The Morgan fingerprint density at radius 3 is 2.45 bits per heavy atom. The lowest BCUT2D eigenvalue weighted by Crippen LogP contribution is -2.58. The molecule has 1 aromatic rings. The standard InChI is InChI=1S/C28H41N5O6S/c1-27(2,3)22(32-26-30-15(13-40-26)11-18(34)39-6)25(38)33-12-16-19(28(16,4)5)20(33)24(37)31-17(21(35)23(29)36)10-14-8-7-9-14/h13-14,16-17,19-20,22H,7-12H2,1-6H3,(H2,29,36)(H,30,32)(H,31,37)/t16-,17?,19?,20+,22?/m1/s1. The van der Waals surface area contributed by atoms with Gasteiger partial charge in [0.25, 0.3) is 5.91 Å². The van der Waals surface area contributed by atoms with Gasteiger partial charge >= 0.3 is 5.97 Å². The molecule has 0 spiro atoms. The van der Waals surface area contributed by atoms with Crippen LogP contribution in [0, 0.1) is 28.6 Å². The molecule has 3 amide bonds. The van der Waals surface area contributed by atoms with Crippen LogP contribution in [0.2, 0.25) is 0 Å². The van der Waals surface area contributed by atoms with Gasteiger partial charge in [-0.15, -0.1) is 11.3 Å². The monoisotopic (exact) mass is 575 g/mol. The SMILES string of the molecule is COC(=O)Cc1csc(NC(C(=O)N2C[C@@H]3C([C@H]2C(=O)NC(CC2CCC2)C(=O)C(N)=O)C3(C)C)C(C)(C)C)n1. The number of fused-ring (bicyclic) bond motifs is 1. The maximum absolute atomic E-state index is 14.1. The van der Waals surface area contributed by atoms with E-state index in [2.05, 4.69) is 29.5 Å². The van der Waals surface area contributed by atoms with E-state index >= 15 is 0 Å². The first kappa shape index (κ1) is 30.0. The van der Waals surface area contributed by atoms with Gasteiger partial charge in [-0.2, -0.15) is 0 Å². The van der Waals surface area contributed by atoms with Crippen molar-refractivity contribution >= 4 is 45.9 Å². The fourth-order valence-corrected chi connectivity index (χ4v) is 6.89. The third-order valence-electron chi connectivity index (χ3n) is 8.92. The molecule has 12 heteroatoms. The van der Waals surface area contributed by atoms with E-state index in [4.69, 9.17) is 10.5 Å². The minimum absolute atomic E-state index is 0.0294. The molecule has 2 heterocycles. The fourth-order valence-electron chi connectivity index (χ4n) is 6.15. The number of rotatable bonds is 11. The highest BCUT2D eigenvalue weighted by Crippen LogP contribution is 2.65. The summed E-state index contributed by atoms with van der Waals surface area (Å²) < 4.78 is 4.72. The maximum Gasteiger partial charge on any atom is 0.311 e. The number of nitrogens with two attached hydrogens (primary N) is 1. The van der Waals surface area contributed by atoms with E-state index in [0.717, 1.165) is 19.3 Å². The zero-order valence-corrected chi connectivity index (χ0v) is 24.9. The molecule has 4 N–H and O–H groups in total. The summed E-state index contributed by atoms with van der Waals surface area (Å²) in [6.45, 7) is 10.4. The molecule has 0 bridgehead atoms. The molecular formula is C28H41N5O6S. The van der Waals surface area contributed by atoms with Crippen molar-refractivity contribution in [3.8, 4) is 0 Å². The van der Waals surface area contributed by atoms with Gasteiger partial charge in [0, 0.05) is 11.9 Å². The minimum atomic E-state index is -1.07. The highest BCUT2D eigenvalue weighted by atomic mass is 32.1. The van der Waals surface area contributed by atoms with Crippen molar-refractivity contribution in [2.24, 2.45) is 34.3 Å². The average molecular weight is 576 g/mol. The predicted molar refractivity (Wildman–Crippen MR) is 149 cm³/mol. The van der Waals surface area contributed by atoms with E-state index in [-0.39, 0.29) is 35.5 Å². The number of carbonyl (C=O) groups is 5. The number of amides is 3. The normalized spacial score (nSPS) is 24.8. The van der Waals surface area contributed by atoms with Crippen molar-refractivity contribution in [2.75, 3.05) is 19.0 Å². The number of hydrogen-bond acceptors (Lipinski definition) is 9. The number of Topliss-reactive ketones (excluding diaryl/α,β-unsaturated/α-hetero) is 1. The first-order valence-corrected chi connectivity index (χ1v) is 14.7. The van der Waals surface area contributed by atoms with Gasteiger partial charge in [-0.05, 0) is 35.0 Å². The van der Waals surface area contributed by atoms with Crippen LogP contribution in [0.5, 0.6) is 0 Å². The number of primary amides is 1. The van der Waals surface area contributed by atoms with E-state index in [1.807, 2.05) is 20.8 Å². The highest BCUT2D eigenvalue weighted by Gasteiger charge is 2.69. The molecular weight excluding hydrogens is 534 g/mol. The van der Waals surface area contributed by atoms with E-state index < -0.39 is 47.1 Å². The van der Waals surface area contributed by atoms with Crippen LogP contribution in [0.15, 0.2) is 5.38 Å². The second-order valence-corrected chi connectivity index (χ2v) is 13.9. The van der Waals surface area contributed by atoms with Crippen LogP contribution in [0.25, 0.3) is 0 Å². The van der Waals surface area contributed by atoms with Gasteiger partial charge in [0.05, 0.1) is 25.3 Å². The molecule has 3 fully saturated rings. The summed E-state index contributed by atoms with van der Waals surface area (Å²) >= 11 is 1.29. The van der Waals surface area contributed by atoms with Gasteiger partial charge in [0.2, 0.25) is 17.6 Å². The third-order valence-corrected chi connectivity index (χ3v) is 9.74. The second-order valence-electron chi connectivity index (χ2n) is 13.1. The van der Waals surface area contributed by atoms with Gasteiger partial charge in [0.1, 0.15) is 12.1 Å². The Hall–Kier alpha value is -3.02. The number of thiazole rings is 1. The number of aromatic nitrogens is 1. The number of esters is 1. The molecule has 1 aromatic heterocycles. The first-order chi connectivity index (χ1) is 18.6. The number of hydrogen-bond donors (Lipinski definition) is 3.